The van der Waals surface area contributed by atoms with Gasteiger partial charge in [0.25, 0.3) is 0 Å². The Hall–Kier alpha value is 0.839. The molecule has 0 aromatic heterocycles. The van der Waals surface area contributed by atoms with Crippen LogP contribution in [0.25, 0.3) is 33.4 Å². The van der Waals surface area contributed by atoms with Crippen LogP contribution in [0.3, 0.4) is 0 Å². The molecule has 1 heterocycles. The summed E-state index contributed by atoms with van der Waals surface area (Å²) < 4.78 is 6.80. The molecule has 4 rings (SSSR count). The topological polar surface area (TPSA) is 93.4 Å². The van der Waals surface area contributed by atoms with Gasteiger partial charge in [-0.25, -0.2) is 0 Å². The molecule has 0 spiro atoms. The van der Waals surface area contributed by atoms with E-state index in [0.717, 1.165) is 0 Å². The Kier molecular flexibility index (Phi) is 11.8. The van der Waals surface area contributed by atoms with E-state index in [0.29, 0.717) is 22.1 Å². The molecule has 2 aliphatic rings. The van der Waals surface area contributed by atoms with Crippen LogP contribution >= 0.6 is 63.7 Å². The summed E-state index contributed by atoms with van der Waals surface area (Å²) in [7, 11) is 0. The molecule has 0 saturated carbocycles. The molecule has 0 N–H and O–H groups in total. The summed E-state index contributed by atoms with van der Waals surface area (Å²) in [5.41, 5.74) is 1.17. The Bertz CT molecular complexity index is 1380. The molecule has 5 nitrogen and oxygen atoms in total. The first-order valence-electron chi connectivity index (χ1n) is 7.96. The van der Waals surface area contributed by atoms with Crippen molar-refractivity contribution in [2.24, 2.45) is 0 Å². The molecule has 2 aromatic carbocycles. The first-order valence-corrected chi connectivity index (χ1v) is 11.1. The minimum atomic E-state index is -1.35. The molecule has 32 heavy (non-hydrogen) atoms. The molecule has 0 saturated heterocycles. The van der Waals surface area contributed by atoms with E-state index in [4.69, 9.17) is 4.42 Å². The maximum atomic E-state index is 12.4. The van der Waals surface area contributed by atoms with Gasteiger partial charge in [0.05, 0.1) is 14.9 Å². The first-order chi connectivity index (χ1) is 13.7. The standard InChI is InChI=1S/C20H8Br4O5.Cu.2Na/c21-11-5-9-13(7-3-1-2-4-8(7)20(27)28)10-6-12(22)17(26)15(24)19(10)29-18(9)14(23)16(11)25;;;/h1-6,25H,(H,27,28);;;/q;;2*+1/p-2. The number of halogens is 4. The Balaban J connectivity index is 0.00000171. The summed E-state index contributed by atoms with van der Waals surface area (Å²) in [6, 6.07) is 9.50. The zero-order valence-electron chi connectivity index (χ0n) is 16.3. The Morgan fingerprint density at radius 3 is 2.16 bits per heavy atom. The van der Waals surface area contributed by atoms with E-state index in [2.05, 4.69) is 63.7 Å². The van der Waals surface area contributed by atoms with Gasteiger partial charge in [0.2, 0.25) is 5.43 Å². The fourth-order valence-electron chi connectivity index (χ4n) is 3.16. The van der Waals surface area contributed by atoms with Gasteiger partial charge in [0, 0.05) is 43.6 Å². The first kappa shape index (κ1) is 30.9. The summed E-state index contributed by atoms with van der Waals surface area (Å²) in [5, 5.41) is 24.7. The summed E-state index contributed by atoms with van der Waals surface area (Å²) in [6.07, 6.45) is 0. The molecule has 0 bridgehead atoms. The van der Waals surface area contributed by atoms with Gasteiger partial charge in [-0.3, -0.25) is 4.79 Å². The van der Waals surface area contributed by atoms with Crippen LogP contribution in [0.15, 0.2) is 63.5 Å². The zero-order valence-corrected chi connectivity index (χ0v) is 27.6. The van der Waals surface area contributed by atoms with Crippen LogP contribution in [-0.4, -0.2) is 5.97 Å². The van der Waals surface area contributed by atoms with Crippen molar-refractivity contribution in [1.82, 2.24) is 0 Å². The van der Waals surface area contributed by atoms with Crippen LogP contribution in [0, 0.1) is 0 Å². The van der Waals surface area contributed by atoms with E-state index in [1.807, 2.05) is 0 Å². The van der Waals surface area contributed by atoms with Gasteiger partial charge >= 0.3 is 59.1 Å². The molecule has 0 unspecified atom stereocenters. The summed E-state index contributed by atoms with van der Waals surface area (Å²) in [5.74, 6) is -1.49. The number of carboxylic acid groups (broad SMARTS) is 1. The second kappa shape index (κ2) is 12.2. The normalized spacial score (nSPS) is 10.2. The van der Waals surface area contributed by atoms with Crippen LogP contribution < -0.4 is 74.8 Å². The average Bonchev–Trinajstić information content (AvgIpc) is 2.69. The van der Waals surface area contributed by atoms with Crippen molar-refractivity contribution in [3.05, 3.63) is 70.1 Å². The number of carbonyl (C=O) groups is 1. The molecule has 2 aromatic rings. The van der Waals surface area contributed by atoms with Crippen molar-refractivity contribution in [3.8, 4) is 28.2 Å². The predicted octanol–water partition coefficient (Wildman–Crippen LogP) is -0.943. The van der Waals surface area contributed by atoms with Crippen LogP contribution in [-0.2, 0) is 17.1 Å². The number of rotatable bonds is 2. The van der Waals surface area contributed by atoms with Gasteiger partial charge in [0.15, 0.2) is 5.76 Å². The maximum Gasteiger partial charge on any atom is 1.00 e. The van der Waals surface area contributed by atoms with Gasteiger partial charge in [-0.05, 0) is 65.5 Å². The second-order valence-electron chi connectivity index (χ2n) is 6.07. The SMILES string of the molecule is O=C([O-])c1ccccc1-c1c2cc(Br)c(=O)c(Br)c-2oc2c(Br)c([O-])c(Br)cc12.[Cu].[Na+].[Na+]. The predicted molar refractivity (Wildman–Crippen MR) is 119 cm³/mol. The summed E-state index contributed by atoms with van der Waals surface area (Å²) >= 11 is 13.0. The van der Waals surface area contributed by atoms with Crippen LogP contribution in [0.5, 0.6) is 5.75 Å². The second-order valence-corrected chi connectivity index (χ2v) is 9.36. The molecule has 12 heteroatoms. The molecular formula is C20H6Br4CuNa2O5. The van der Waals surface area contributed by atoms with E-state index in [1.54, 1.807) is 30.3 Å². The van der Waals surface area contributed by atoms with Crippen LogP contribution in [0.1, 0.15) is 10.4 Å². The number of hydrogen-bond acceptors (Lipinski definition) is 5. The number of fused-ring (bicyclic) bond motifs is 2. The van der Waals surface area contributed by atoms with Gasteiger partial charge in [-0.1, -0.05) is 45.9 Å². The monoisotopic (exact) mass is 751 g/mol. The number of benzene rings is 3. The van der Waals surface area contributed by atoms with Crippen molar-refractivity contribution >= 4 is 80.7 Å². The van der Waals surface area contributed by atoms with Crippen molar-refractivity contribution in [2.75, 3.05) is 0 Å². The van der Waals surface area contributed by atoms with Crippen molar-refractivity contribution in [2.45, 2.75) is 0 Å². The van der Waals surface area contributed by atoms with E-state index in [-0.39, 0.29) is 122 Å². The molecule has 157 valence electrons. The third-order valence-electron chi connectivity index (χ3n) is 4.42. The molecular weight excluding hydrogens is 749 g/mol. The van der Waals surface area contributed by atoms with E-state index in [1.165, 1.54) is 6.07 Å². The third-order valence-corrected chi connectivity index (χ3v) is 7.04. The molecule has 1 aliphatic carbocycles. The fourth-order valence-corrected chi connectivity index (χ4v) is 5.56. The summed E-state index contributed by atoms with van der Waals surface area (Å²) in [6.45, 7) is 0. The number of aromatic carboxylic acids is 1. The number of carbonyl (C=O) groups excluding carboxylic acids is 1. The maximum absolute atomic E-state index is 12.4. The average molecular weight is 755 g/mol. The summed E-state index contributed by atoms with van der Waals surface area (Å²) in [4.78, 5) is 24.2. The fraction of sp³-hybridized carbons (Fsp3) is 0. The Morgan fingerprint density at radius 1 is 0.906 bits per heavy atom. The number of hydrogen-bond donors (Lipinski definition) is 0. The van der Waals surface area contributed by atoms with Crippen LogP contribution in [0.4, 0.5) is 0 Å². The van der Waals surface area contributed by atoms with Crippen molar-refractivity contribution in [3.63, 3.8) is 0 Å². The Labute approximate surface area is 270 Å². The quantitative estimate of drug-likeness (QED) is 0.195. The van der Waals surface area contributed by atoms with Gasteiger partial charge < -0.3 is 19.4 Å². The minimum absolute atomic E-state index is 0. The van der Waals surface area contributed by atoms with E-state index in [9.17, 15) is 19.8 Å². The molecule has 0 fully saturated rings. The zero-order chi connectivity index (χ0) is 21.0. The van der Waals surface area contributed by atoms with E-state index >= 15 is 0 Å². The number of carboxylic acids is 1. The third kappa shape index (κ3) is 5.32. The Morgan fingerprint density at radius 2 is 1.53 bits per heavy atom. The van der Waals surface area contributed by atoms with Gasteiger partial charge in [-0.2, -0.15) is 0 Å². The minimum Gasteiger partial charge on any atom is -0.871 e. The van der Waals surface area contributed by atoms with E-state index < -0.39 is 5.97 Å². The largest absolute Gasteiger partial charge is 1.00 e. The van der Waals surface area contributed by atoms with Gasteiger partial charge in [0.1, 0.15) is 10.1 Å². The molecule has 1 radical (unpaired) electrons. The van der Waals surface area contributed by atoms with Crippen molar-refractivity contribution in [1.29, 1.82) is 0 Å². The molecule has 0 amide bonds. The van der Waals surface area contributed by atoms with Gasteiger partial charge in [-0.15, -0.1) is 0 Å². The molecule has 1 aliphatic heterocycles. The molecule has 0 atom stereocenters. The smallest absolute Gasteiger partial charge is 0.871 e. The van der Waals surface area contributed by atoms with Crippen LogP contribution in [0.2, 0.25) is 0 Å². The van der Waals surface area contributed by atoms with Crippen molar-refractivity contribution < 1.29 is 95.6 Å².